The van der Waals surface area contributed by atoms with E-state index in [2.05, 4.69) is 84.9 Å². The van der Waals surface area contributed by atoms with Crippen molar-refractivity contribution < 1.29 is 0 Å². The van der Waals surface area contributed by atoms with Gasteiger partial charge in [0.2, 0.25) is 0 Å². The molecule has 0 spiro atoms. The minimum Gasteiger partial charge on any atom is -0.228 e. The fourth-order valence-corrected chi connectivity index (χ4v) is 5.94. The highest BCUT2D eigenvalue weighted by molar-refractivity contribution is 7.26. The maximum absolute atomic E-state index is 5.22. The van der Waals surface area contributed by atoms with Gasteiger partial charge in [-0.25, -0.2) is 9.97 Å². The molecule has 5 aromatic carbocycles. The van der Waals surface area contributed by atoms with Gasteiger partial charge in [-0.2, -0.15) is 0 Å². The van der Waals surface area contributed by atoms with Crippen molar-refractivity contribution in [2.45, 2.75) is 0 Å². The van der Waals surface area contributed by atoms with Gasteiger partial charge in [0.05, 0.1) is 11.2 Å². The van der Waals surface area contributed by atoms with Crippen LogP contribution in [0.1, 0.15) is 0 Å². The molecule has 7 rings (SSSR count). The monoisotopic (exact) mass is 438 g/mol. The van der Waals surface area contributed by atoms with E-state index in [0.717, 1.165) is 28.0 Å². The number of hydrogen-bond acceptors (Lipinski definition) is 3. The zero-order valence-electron chi connectivity index (χ0n) is 17.7. The van der Waals surface area contributed by atoms with E-state index in [1.165, 1.54) is 36.5 Å². The lowest BCUT2D eigenvalue weighted by Crippen LogP contribution is -1.96. The molecule has 7 aromatic rings. The Kier molecular flexibility index (Phi) is 4.05. The summed E-state index contributed by atoms with van der Waals surface area (Å²) >= 11 is 1.85. The van der Waals surface area contributed by atoms with Crippen LogP contribution in [0.15, 0.2) is 109 Å². The second kappa shape index (κ2) is 7.22. The fraction of sp³-hybridized carbons (Fsp3) is 0. The Balaban J connectivity index is 1.71. The molecule has 2 aromatic heterocycles. The molecule has 0 fully saturated rings. The summed E-state index contributed by atoms with van der Waals surface area (Å²) in [6, 6.07) is 38.2. The van der Waals surface area contributed by atoms with Crippen LogP contribution in [0.3, 0.4) is 0 Å². The van der Waals surface area contributed by atoms with E-state index in [9.17, 15) is 0 Å². The van der Waals surface area contributed by atoms with Crippen LogP contribution >= 0.6 is 11.3 Å². The number of benzene rings is 5. The second-order valence-corrected chi connectivity index (χ2v) is 9.31. The van der Waals surface area contributed by atoms with Gasteiger partial charge in [0.15, 0.2) is 5.82 Å². The summed E-state index contributed by atoms with van der Waals surface area (Å²) in [5, 5.41) is 6.08. The van der Waals surface area contributed by atoms with Crippen LogP contribution in [-0.4, -0.2) is 9.97 Å². The third-order valence-corrected chi connectivity index (χ3v) is 7.38. The molecular formula is C30H18N2S. The van der Waals surface area contributed by atoms with Crippen molar-refractivity contribution in [2.24, 2.45) is 0 Å². The molecule has 0 amide bonds. The largest absolute Gasteiger partial charge is 0.228 e. The molecule has 154 valence electrons. The number of para-hydroxylation sites is 1. The molecule has 0 saturated heterocycles. The number of nitrogens with zero attached hydrogens (tertiary/aromatic N) is 2. The Bertz CT molecular complexity index is 1820. The molecule has 33 heavy (non-hydrogen) atoms. The highest BCUT2D eigenvalue weighted by Crippen LogP contribution is 2.45. The van der Waals surface area contributed by atoms with Crippen LogP contribution in [0.4, 0.5) is 0 Å². The van der Waals surface area contributed by atoms with Gasteiger partial charge < -0.3 is 0 Å². The van der Waals surface area contributed by atoms with Crippen molar-refractivity contribution >= 4 is 53.2 Å². The zero-order chi connectivity index (χ0) is 21.8. The highest BCUT2D eigenvalue weighted by Gasteiger charge is 2.19. The van der Waals surface area contributed by atoms with Crippen molar-refractivity contribution in [1.29, 1.82) is 0 Å². The molecule has 0 aliphatic carbocycles. The molecule has 0 bridgehead atoms. The lowest BCUT2D eigenvalue weighted by molar-refractivity contribution is 1.23. The molecule has 0 unspecified atom stereocenters. The van der Waals surface area contributed by atoms with Gasteiger partial charge in [0, 0.05) is 36.7 Å². The Hall–Kier alpha value is -4.08. The Labute approximate surface area is 194 Å². The van der Waals surface area contributed by atoms with Crippen molar-refractivity contribution in [3.8, 4) is 22.6 Å². The summed E-state index contributed by atoms with van der Waals surface area (Å²) in [7, 11) is 0. The number of rotatable bonds is 2. The van der Waals surface area contributed by atoms with Crippen LogP contribution in [0, 0.1) is 0 Å². The number of aromatic nitrogens is 2. The Morgan fingerprint density at radius 3 is 2.12 bits per heavy atom. The second-order valence-electron chi connectivity index (χ2n) is 8.22. The topological polar surface area (TPSA) is 25.8 Å². The van der Waals surface area contributed by atoms with E-state index in [1.54, 1.807) is 0 Å². The maximum atomic E-state index is 5.22. The maximum Gasteiger partial charge on any atom is 0.160 e. The van der Waals surface area contributed by atoms with Crippen LogP contribution < -0.4 is 0 Å². The van der Waals surface area contributed by atoms with Crippen molar-refractivity contribution in [3.63, 3.8) is 0 Å². The number of fused-ring (bicyclic) bond motifs is 5. The van der Waals surface area contributed by atoms with Crippen LogP contribution in [-0.2, 0) is 0 Å². The van der Waals surface area contributed by atoms with Crippen molar-refractivity contribution in [3.05, 3.63) is 109 Å². The quantitative estimate of drug-likeness (QED) is 0.270. The van der Waals surface area contributed by atoms with Gasteiger partial charge in [0.25, 0.3) is 0 Å². The SMILES string of the molecule is c1ccc(-c2nc(-c3c4ccccc4cc4sc5ccccc5c34)c3ccccc3n2)cc1. The predicted octanol–water partition coefficient (Wildman–Crippen LogP) is 8.48. The van der Waals surface area contributed by atoms with E-state index < -0.39 is 0 Å². The van der Waals surface area contributed by atoms with Crippen LogP contribution in [0.5, 0.6) is 0 Å². The van der Waals surface area contributed by atoms with E-state index in [-0.39, 0.29) is 0 Å². The molecule has 0 N–H and O–H groups in total. The average molecular weight is 439 g/mol. The van der Waals surface area contributed by atoms with Crippen molar-refractivity contribution in [2.75, 3.05) is 0 Å². The molecule has 0 atom stereocenters. The molecular weight excluding hydrogens is 420 g/mol. The first-order valence-corrected chi connectivity index (χ1v) is 11.8. The summed E-state index contributed by atoms with van der Waals surface area (Å²) in [5.74, 6) is 0.755. The lowest BCUT2D eigenvalue weighted by Gasteiger charge is -2.13. The first-order valence-electron chi connectivity index (χ1n) is 11.0. The molecule has 3 heteroatoms. The van der Waals surface area contributed by atoms with Gasteiger partial charge in [-0.15, -0.1) is 11.3 Å². The van der Waals surface area contributed by atoms with Gasteiger partial charge in [-0.3, -0.25) is 0 Å². The van der Waals surface area contributed by atoms with Gasteiger partial charge in [0.1, 0.15) is 0 Å². The number of hydrogen-bond donors (Lipinski definition) is 0. The van der Waals surface area contributed by atoms with E-state index in [4.69, 9.17) is 9.97 Å². The molecule has 0 aliphatic heterocycles. The third kappa shape index (κ3) is 2.86. The number of thiophene rings is 1. The first-order chi connectivity index (χ1) is 16.4. The summed E-state index contributed by atoms with van der Waals surface area (Å²) < 4.78 is 2.58. The predicted molar refractivity (Wildman–Crippen MR) is 141 cm³/mol. The summed E-state index contributed by atoms with van der Waals surface area (Å²) in [6.45, 7) is 0. The van der Waals surface area contributed by atoms with Crippen molar-refractivity contribution in [1.82, 2.24) is 9.97 Å². The van der Waals surface area contributed by atoms with Gasteiger partial charge in [-0.05, 0) is 29.0 Å². The normalized spacial score (nSPS) is 11.6. The van der Waals surface area contributed by atoms with Crippen LogP contribution in [0.2, 0.25) is 0 Å². The summed E-state index contributed by atoms with van der Waals surface area (Å²) in [5.41, 5.74) is 4.17. The van der Waals surface area contributed by atoms with E-state index in [0.29, 0.717) is 0 Å². The van der Waals surface area contributed by atoms with Crippen LogP contribution in [0.25, 0.3) is 64.5 Å². The molecule has 0 saturated carbocycles. The molecule has 0 radical (unpaired) electrons. The summed E-state index contributed by atoms with van der Waals surface area (Å²) in [6.07, 6.45) is 0. The lowest BCUT2D eigenvalue weighted by atomic mass is 9.94. The standard InChI is InChI=1S/C30H18N2S/c1-2-10-19(11-3-1)30-31-24-16-8-6-14-22(24)29(32-30)28-21-13-5-4-12-20(21)18-26-27(28)23-15-7-9-17-25(23)33-26/h1-18H. The minimum atomic E-state index is 0.755. The Morgan fingerprint density at radius 1 is 0.545 bits per heavy atom. The zero-order valence-corrected chi connectivity index (χ0v) is 18.5. The van der Waals surface area contributed by atoms with Gasteiger partial charge in [-0.1, -0.05) is 91.0 Å². The molecule has 2 heterocycles. The molecule has 2 nitrogen and oxygen atoms in total. The Morgan fingerprint density at radius 2 is 1.24 bits per heavy atom. The van der Waals surface area contributed by atoms with E-state index in [1.807, 2.05) is 35.6 Å². The third-order valence-electron chi connectivity index (χ3n) is 6.26. The highest BCUT2D eigenvalue weighted by atomic mass is 32.1. The average Bonchev–Trinajstić information content (AvgIpc) is 3.25. The minimum absolute atomic E-state index is 0.755. The fourth-order valence-electron chi connectivity index (χ4n) is 4.78. The first kappa shape index (κ1) is 18.5. The van der Waals surface area contributed by atoms with Gasteiger partial charge >= 0.3 is 0 Å². The molecule has 0 aliphatic rings. The van der Waals surface area contributed by atoms with E-state index >= 15 is 0 Å². The summed E-state index contributed by atoms with van der Waals surface area (Å²) in [4.78, 5) is 10.2. The smallest absolute Gasteiger partial charge is 0.160 e.